The Kier molecular flexibility index (Phi) is 4.74. The van der Waals surface area contributed by atoms with Crippen molar-refractivity contribution in [2.45, 2.75) is 26.0 Å². The van der Waals surface area contributed by atoms with Crippen LogP contribution in [0.15, 0.2) is 30.3 Å². The molecule has 0 bridgehead atoms. The number of benzene rings is 1. The van der Waals surface area contributed by atoms with Crippen molar-refractivity contribution >= 4 is 11.9 Å². The van der Waals surface area contributed by atoms with Crippen LogP contribution in [-0.4, -0.2) is 41.1 Å². The molecule has 0 saturated carbocycles. The number of carbonyl (C=O) groups excluding carboxylic acids is 1. The van der Waals surface area contributed by atoms with Crippen molar-refractivity contribution in [1.29, 1.82) is 0 Å². The Balaban J connectivity index is 1.83. The lowest BCUT2D eigenvalue weighted by Gasteiger charge is -2.19. The van der Waals surface area contributed by atoms with Crippen molar-refractivity contribution in [3.63, 3.8) is 0 Å². The minimum Gasteiger partial charge on any atom is -0.480 e. The van der Waals surface area contributed by atoms with Gasteiger partial charge in [0.1, 0.15) is 12.6 Å². The molecule has 0 aromatic heterocycles. The van der Waals surface area contributed by atoms with Gasteiger partial charge in [0.2, 0.25) is 0 Å². The highest BCUT2D eigenvalue weighted by molar-refractivity contribution is 5.76. The lowest BCUT2D eigenvalue weighted by atomic mass is 10.1. The van der Waals surface area contributed by atoms with Gasteiger partial charge in [0, 0.05) is 6.54 Å². The van der Waals surface area contributed by atoms with Gasteiger partial charge in [0.05, 0.1) is 6.54 Å². The molecule has 5 nitrogen and oxygen atoms in total. The summed E-state index contributed by atoms with van der Waals surface area (Å²) >= 11 is 0. The standard InChI is InChI=1S/C15H19NO4/c1-11-7-13(15(18)19)16(8-11)9-14(17)20-10-12-5-3-2-4-6-12/h2-6,11,13H,7-10H2,1H3,(H,18,19)/t11-,13-/m1/s1. The van der Waals surface area contributed by atoms with Crippen LogP contribution in [0.5, 0.6) is 0 Å². The highest BCUT2D eigenvalue weighted by Crippen LogP contribution is 2.22. The molecule has 1 aliphatic rings. The van der Waals surface area contributed by atoms with Crippen molar-refractivity contribution in [2.24, 2.45) is 5.92 Å². The second kappa shape index (κ2) is 6.52. The smallest absolute Gasteiger partial charge is 0.320 e. The Morgan fingerprint density at radius 1 is 1.35 bits per heavy atom. The summed E-state index contributed by atoms with van der Waals surface area (Å²) in [4.78, 5) is 24.6. The average Bonchev–Trinajstić information content (AvgIpc) is 2.79. The highest BCUT2D eigenvalue weighted by Gasteiger charge is 2.35. The topological polar surface area (TPSA) is 66.8 Å². The molecule has 1 N–H and O–H groups in total. The van der Waals surface area contributed by atoms with Crippen molar-refractivity contribution in [2.75, 3.05) is 13.1 Å². The number of ether oxygens (including phenoxy) is 1. The molecule has 0 radical (unpaired) electrons. The van der Waals surface area contributed by atoms with Gasteiger partial charge < -0.3 is 9.84 Å². The number of carboxylic acids is 1. The van der Waals surface area contributed by atoms with Crippen LogP contribution in [0, 0.1) is 5.92 Å². The van der Waals surface area contributed by atoms with Crippen molar-refractivity contribution in [3.05, 3.63) is 35.9 Å². The number of rotatable bonds is 5. The van der Waals surface area contributed by atoms with E-state index in [9.17, 15) is 9.59 Å². The van der Waals surface area contributed by atoms with Gasteiger partial charge in [-0.05, 0) is 17.9 Å². The second-order valence-electron chi connectivity index (χ2n) is 5.27. The molecule has 0 aliphatic carbocycles. The summed E-state index contributed by atoms with van der Waals surface area (Å²) in [5.41, 5.74) is 0.922. The molecular formula is C15H19NO4. The van der Waals surface area contributed by atoms with Gasteiger partial charge in [-0.3, -0.25) is 14.5 Å². The van der Waals surface area contributed by atoms with Crippen molar-refractivity contribution < 1.29 is 19.4 Å². The number of carboxylic acid groups (broad SMARTS) is 1. The maximum absolute atomic E-state index is 11.8. The van der Waals surface area contributed by atoms with Gasteiger partial charge in [-0.2, -0.15) is 0 Å². The third-order valence-corrected chi connectivity index (χ3v) is 3.47. The summed E-state index contributed by atoms with van der Waals surface area (Å²) < 4.78 is 5.18. The third-order valence-electron chi connectivity index (χ3n) is 3.47. The summed E-state index contributed by atoms with van der Waals surface area (Å²) in [7, 11) is 0. The van der Waals surface area contributed by atoms with Gasteiger partial charge in [-0.25, -0.2) is 0 Å². The van der Waals surface area contributed by atoms with Crippen molar-refractivity contribution in [3.8, 4) is 0 Å². The van der Waals surface area contributed by atoms with Gasteiger partial charge >= 0.3 is 11.9 Å². The molecule has 1 aliphatic heterocycles. The van der Waals surface area contributed by atoms with E-state index in [1.165, 1.54) is 0 Å². The maximum atomic E-state index is 11.8. The number of likely N-dealkylation sites (tertiary alicyclic amines) is 1. The Hall–Kier alpha value is -1.88. The van der Waals surface area contributed by atoms with E-state index in [0.717, 1.165) is 5.56 Å². The Labute approximate surface area is 118 Å². The molecule has 5 heteroatoms. The number of carbonyl (C=O) groups is 2. The molecule has 0 amide bonds. The van der Waals surface area contributed by atoms with E-state index in [1.54, 1.807) is 4.90 Å². The lowest BCUT2D eigenvalue weighted by Crippen LogP contribution is -2.39. The largest absolute Gasteiger partial charge is 0.480 e. The Morgan fingerprint density at radius 3 is 2.70 bits per heavy atom. The van der Waals surface area contributed by atoms with E-state index in [1.807, 2.05) is 37.3 Å². The summed E-state index contributed by atoms with van der Waals surface area (Å²) in [5, 5.41) is 9.13. The fourth-order valence-electron chi connectivity index (χ4n) is 2.51. The van der Waals surface area contributed by atoms with Crippen LogP contribution in [0.2, 0.25) is 0 Å². The van der Waals surface area contributed by atoms with Crippen LogP contribution in [0.25, 0.3) is 0 Å². The predicted molar refractivity (Wildman–Crippen MR) is 73.0 cm³/mol. The SMILES string of the molecule is C[C@@H]1C[C@H](C(=O)O)N(CC(=O)OCc2ccccc2)C1. The number of nitrogens with zero attached hydrogens (tertiary/aromatic N) is 1. The number of hydrogen-bond donors (Lipinski definition) is 1. The van der Waals surface area contributed by atoms with Crippen LogP contribution in [-0.2, 0) is 20.9 Å². The molecule has 1 aromatic carbocycles. The van der Waals surface area contributed by atoms with Gasteiger partial charge in [-0.1, -0.05) is 37.3 Å². The second-order valence-corrected chi connectivity index (χ2v) is 5.27. The number of hydrogen-bond acceptors (Lipinski definition) is 4. The van der Waals surface area contributed by atoms with Crippen LogP contribution in [0.4, 0.5) is 0 Å². The molecule has 2 atom stereocenters. The zero-order valence-corrected chi connectivity index (χ0v) is 11.5. The minimum absolute atomic E-state index is 0.0359. The molecule has 0 unspecified atom stereocenters. The molecule has 20 heavy (non-hydrogen) atoms. The van der Waals surface area contributed by atoms with Crippen LogP contribution >= 0.6 is 0 Å². The summed E-state index contributed by atoms with van der Waals surface area (Å²) in [6.07, 6.45) is 0.585. The van der Waals surface area contributed by atoms with E-state index in [0.29, 0.717) is 13.0 Å². The van der Waals surface area contributed by atoms with Crippen LogP contribution < -0.4 is 0 Å². The third kappa shape index (κ3) is 3.81. The van der Waals surface area contributed by atoms with Crippen LogP contribution in [0.1, 0.15) is 18.9 Å². The van der Waals surface area contributed by atoms with Gasteiger partial charge in [-0.15, -0.1) is 0 Å². The summed E-state index contributed by atoms with van der Waals surface area (Å²) in [5.74, 6) is -0.961. The van der Waals surface area contributed by atoms with E-state index < -0.39 is 12.0 Å². The van der Waals surface area contributed by atoms with E-state index >= 15 is 0 Å². The zero-order chi connectivity index (χ0) is 14.5. The molecule has 2 rings (SSSR count). The molecule has 1 saturated heterocycles. The molecule has 1 heterocycles. The Bertz CT molecular complexity index is 474. The van der Waals surface area contributed by atoms with Crippen molar-refractivity contribution in [1.82, 2.24) is 4.90 Å². The fourth-order valence-corrected chi connectivity index (χ4v) is 2.51. The van der Waals surface area contributed by atoms with E-state index in [-0.39, 0.29) is 25.0 Å². The predicted octanol–water partition coefficient (Wildman–Crippen LogP) is 1.52. The summed E-state index contributed by atoms with van der Waals surface area (Å²) in [6, 6.07) is 8.84. The molecule has 1 fully saturated rings. The molecular weight excluding hydrogens is 258 g/mol. The Morgan fingerprint density at radius 2 is 2.05 bits per heavy atom. The number of esters is 1. The first kappa shape index (κ1) is 14.5. The monoisotopic (exact) mass is 277 g/mol. The number of aliphatic carboxylic acids is 1. The molecule has 0 spiro atoms. The minimum atomic E-state index is -0.870. The average molecular weight is 277 g/mol. The summed E-state index contributed by atoms with van der Waals surface area (Å²) in [6.45, 7) is 2.87. The quantitative estimate of drug-likeness (QED) is 0.827. The highest BCUT2D eigenvalue weighted by atomic mass is 16.5. The van der Waals surface area contributed by atoms with Gasteiger partial charge in [0.25, 0.3) is 0 Å². The van der Waals surface area contributed by atoms with Gasteiger partial charge in [0.15, 0.2) is 0 Å². The fraction of sp³-hybridized carbons (Fsp3) is 0.467. The van der Waals surface area contributed by atoms with E-state index in [4.69, 9.17) is 9.84 Å². The zero-order valence-electron chi connectivity index (χ0n) is 11.5. The molecule has 1 aromatic rings. The first-order valence-electron chi connectivity index (χ1n) is 6.72. The normalized spacial score (nSPS) is 22.6. The van der Waals surface area contributed by atoms with Crippen LogP contribution in [0.3, 0.4) is 0 Å². The first-order valence-corrected chi connectivity index (χ1v) is 6.72. The van der Waals surface area contributed by atoms with E-state index in [2.05, 4.69) is 0 Å². The first-order chi connectivity index (χ1) is 9.56. The molecule has 108 valence electrons. The maximum Gasteiger partial charge on any atom is 0.320 e. The lowest BCUT2D eigenvalue weighted by molar-refractivity contribution is -0.149.